The Morgan fingerprint density at radius 3 is 2.42 bits per heavy atom. The van der Waals surface area contributed by atoms with Gasteiger partial charge in [0, 0.05) is 36.9 Å². The molecule has 1 N–H and O–H groups in total. The Hall–Kier alpha value is -1.43. The van der Waals surface area contributed by atoms with E-state index < -0.39 is 6.36 Å². The maximum atomic E-state index is 12.2. The van der Waals surface area contributed by atoms with E-state index in [1.807, 2.05) is 0 Å². The molecule has 1 heterocycles. The molecule has 1 fully saturated rings. The van der Waals surface area contributed by atoms with Gasteiger partial charge < -0.3 is 15.0 Å². The van der Waals surface area contributed by atoms with Gasteiger partial charge in [0.2, 0.25) is 0 Å². The summed E-state index contributed by atoms with van der Waals surface area (Å²) < 4.78 is 40.5. The highest BCUT2D eigenvalue weighted by Gasteiger charge is 2.31. The molecule has 0 aromatic heterocycles. The summed E-state index contributed by atoms with van der Waals surface area (Å²) in [6, 6.07) is 6.72. The Morgan fingerprint density at radius 2 is 1.84 bits per heavy atom. The molecule has 2 rings (SSSR count). The molecule has 3 nitrogen and oxygen atoms in total. The van der Waals surface area contributed by atoms with Crippen molar-refractivity contribution in [2.45, 2.75) is 32.3 Å². The Kier molecular flexibility index (Phi) is 3.89. The first kappa shape index (κ1) is 14.0. The zero-order valence-corrected chi connectivity index (χ0v) is 10.9. The van der Waals surface area contributed by atoms with E-state index in [1.54, 1.807) is 12.1 Å². The number of hydrogen-bond donors (Lipinski definition) is 1. The van der Waals surface area contributed by atoms with Crippen LogP contribution in [0.2, 0.25) is 0 Å². The van der Waals surface area contributed by atoms with Crippen LogP contribution >= 0.6 is 0 Å². The minimum absolute atomic E-state index is 0.177. The maximum Gasteiger partial charge on any atom is 0.573 e. The number of ether oxygens (including phenoxy) is 1. The van der Waals surface area contributed by atoms with Gasteiger partial charge in [-0.1, -0.05) is 6.07 Å². The summed E-state index contributed by atoms with van der Waals surface area (Å²) in [4.78, 5) is 2.06. The number of nitrogens with zero attached hydrogens (tertiary/aromatic N) is 1. The van der Waals surface area contributed by atoms with Crippen LogP contribution in [0.5, 0.6) is 5.75 Å². The summed E-state index contributed by atoms with van der Waals surface area (Å²) in [5, 5.41) is 3.38. The molecule has 1 aliphatic heterocycles. The van der Waals surface area contributed by atoms with Crippen molar-refractivity contribution in [1.29, 1.82) is 0 Å². The Morgan fingerprint density at radius 1 is 1.21 bits per heavy atom. The molecule has 0 spiro atoms. The van der Waals surface area contributed by atoms with Gasteiger partial charge in [-0.3, -0.25) is 0 Å². The highest BCUT2D eigenvalue weighted by molar-refractivity contribution is 5.51. The molecular weight excluding hydrogens is 257 g/mol. The zero-order chi connectivity index (χ0) is 14.0. The van der Waals surface area contributed by atoms with E-state index in [0.717, 1.165) is 18.8 Å². The summed E-state index contributed by atoms with van der Waals surface area (Å²) in [5.74, 6) is -0.177. The first-order valence-corrected chi connectivity index (χ1v) is 6.20. The van der Waals surface area contributed by atoms with Crippen LogP contribution in [0.1, 0.15) is 13.8 Å². The van der Waals surface area contributed by atoms with Crippen molar-refractivity contribution in [3.05, 3.63) is 24.3 Å². The molecule has 2 atom stereocenters. The molecule has 1 aliphatic rings. The van der Waals surface area contributed by atoms with Gasteiger partial charge in [-0.2, -0.15) is 0 Å². The summed E-state index contributed by atoms with van der Waals surface area (Å²) in [6.45, 7) is 5.64. The SMILES string of the molecule is CC1CN(c2cccc(OC(F)(F)F)c2)CC(C)N1. The molecule has 19 heavy (non-hydrogen) atoms. The van der Waals surface area contributed by atoms with Crippen molar-refractivity contribution in [3.8, 4) is 5.75 Å². The second kappa shape index (κ2) is 5.28. The largest absolute Gasteiger partial charge is 0.573 e. The second-order valence-corrected chi connectivity index (χ2v) is 4.92. The van der Waals surface area contributed by atoms with Crippen LogP contribution < -0.4 is 15.0 Å². The highest BCUT2D eigenvalue weighted by atomic mass is 19.4. The number of anilines is 1. The van der Waals surface area contributed by atoms with Gasteiger partial charge in [0.15, 0.2) is 0 Å². The first-order valence-electron chi connectivity index (χ1n) is 6.20. The van der Waals surface area contributed by atoms with Gasteiger partial charge in [0.25, 0.3) is 0 Å². The number of hydrogen-bond acceptors (Lipinski definition) is 3. The Labute approximate surface area is 110 Å². The average molecular weight is 274 g/mol. The number of nitrogens with one attached hydrogen (secondary N) is 1. The number of halogens is 3. The lowest BCUT2D eigenvalue weighted by molar-refractivity contribution is -0.274. The van der Waals surface area contributed by atoms with E-state index in [0.29, 0.717) is 12.1 Å². The van der Waals surface area contributed by atoms with Gasteiger partial charge in [-0.05, 0) is 26.0 Å². The molecule has 2 unspecified atom stereocenters. The summed E-state index contributed by atoms with van der Waals surface area (Å²) in [5.41, 5.74) is 0.752. The minimum atomic E-state index is -4.65. The standard InChI is InChI=1S/C13H17F3N2O/c1-9-7-18(8-10(2)17-9)11-4-3-5-12(6-11)19-13(14,15)16/h3-6,9-10,17H,7-8H2,1-2H3. The molecule has 0 bridgehead atoms. The Balaban J connectivity index is 2.14. The van der Waals surface area contributed by atoms with Crippen LogP contribution in [0.4, 0.5) is 18.9 Å². The minimum Gasteiger partial charge on any atom is -0.406 e. The third-order valence-corrected chi connectivity index (χ3v) is 2.97. The normalized spacial score (nSPS) is 24.4. The van der Waals surface area contributed by atoms with Crippen molar-refractivity contribution >= 4 is 5.69 Å². The van der Waals surface area contributed by atoms with Gasteiger partial charge >= 0.3 is 6.36 Å². The molecule has 106 valence electrons. The number of piperazine rings is 1. The molecule has 0 amide bonds. The van der Waals surface area contributed by atoms with Gasteiger partial charge in [0.05, 0.1) is 0 Å². The van der Waals surface area contributed by atoms with E-state index in [2.05, 4.69) is 28.8 Å². The van der Waals surface area contributed by atoms with E-state index >= 15 is 0 Å². The molecular formula is C13H17F3N2O. The fraction of sp³-hybridized carbons (Fsp3) is 0.538. The molecule has 0 radical (unpaired) electrons. The number of benzene rings is 1. The van der Waals surface area contributed by atoms with Crippen LogP contribution in [0.15, 0.2) is 24.3 Å². The van der Waals surface area contributed by atoms with Crippen LogP contribution in [0.3, 0.4) is 0 Å². The molecule has 1 aromatic rings. The van der Waals surface area contributed by atoms with E-state index in [1.165, 1.54) is 12.1 Å². The van der Waals surface area contributed by atoms with Gasteiger partial charge in [0.1, 0.15) is 5.75 Å². The average Bonchev–Trinajstić information content (AvgIpc) is 2.25. The van der Waals surface area contributed by atoms with E-state index in [9.17, 15) is 13.2 Å². The molecule has 1 saturated heterocycles. The van der Waals surface area contributed by atoms with Crippen molar-refractivity contribution in [3.63, 3.8) is 0 Å². The highest BCUT2D eigenvalue weighted by Crippen LogP contribution is 2.27. The molecule has 1 aromatic carbocycles. The quantitative estimate of drug-likeness (QED) is 0.897. The van der Waals surface area contributed by atoms with E-state index in [4.69, 9.17) is 0 Å². The maximum absolute atomic E-state index is 12.2. The molecule has 6 heteroatoms. The zero-order valence-electron chi connectivity index (χ0n) is 10.9. The topological polar surface area (TPSA) is 24.5 Å². The van der Waals surface area contributed by atoms with Gasteiger partial charge in [-0.15, -0.1) is 13.2 Å². The third kappa shape index (κ3) is 4.02. The third-order valence-electron chi connectivity index (χ3n) is 2.97. The van der Waals surface area contributed by atoms with Crippen molar-refractivity contribution < 1.29 is 17.9 Å². The lowest BCUT2D eigenvalue weighted by Gasteiger charge is -2.37. The predicted molar refractivity (Wildman–Crippen MR) is 67.4 cm³/mol. The van der Waals surface area contributed by atoms with Crippen molar-refractivity contribution in [2.24, 2.45) is 0 Å². The molecule has 0 aliphatic carbocycles. The van der Waals surface area contributed by atoms with E-state index in [-0.39, 0.29) is 5.75 Å². The van der Waals surface area contributed by atoms with Crippen molar-refractivity contribution in [1.82, 2.24) is 5.32 Å². The number of rotatable bonds is 2. The number of alkyl halides is 3. The Bertz CT molecular complexity index is 426. The lowest BCUT2D eigenvalue weighted by Crippen LogP contribution is -2.54. The summed E-state index contributed by atoms with van der Waals surface area (Å²) in [6.07, 6.45) is -4.65. The predicted octanol–water partition coefficient (Wildman–Crippen LogP) is 2.77. The lowest BCUT2D eigenvalue weighted by atomic mass is 10.1. The van der Waals surface area contributed by atoms with Crippen LogP contribution in [0.25, 0.3) is 0 Å². The smallest absolute Gasteiger partial charge is 0.406 e. The summed E-state index contributed by atoms with van der Waals surface area (Å²) >= 11 is 0. The van der Waals surface area contributed by atoms with Gasteiger partial charge in [-0.25, -0.2) is 0 Å². The summed E-state index contributed by atoms with van der Waals surface area (Å²) in [7, 11) is 0. The van der Waals surface area contributed by atoms with Crippen molar-refractivity contribution in [2.75, 3.05) is 18.0 Å². The van der Waals surface area contributed by atoms with Crippen LogP contribution in [-0.4, -0.2) is 31.5 Å². The monoisotopic (exact) mass is 274 g/mol. The van der Waals surface area contributed by atoms with Crippen LogP contribution in [0, 0.1) is 0 Å². The fourth-order valence-electron chi connectivity index (χ4n) is 2.41. The fourth-order valence-corrected chi connectivity index (χ4v) is 2.41. The first-order chi connectivity index (χ1) is 8.83. The van der Waals surface area contributed by atoms with Crippen LogP contribution in [-0.2, 0) is 0 Å². The second-order valence-electron chi connectivity index (χ2n) is 4.92. The molecule has 0 saturated carbocycles.